The van der Waals surface area contributed by atoms with Crippen molar-refractivity contribution in [2.75, 3.05) is 10.6 Å². The van der Waals surface area contributed by atoms with Crippen LogP contribution < -0.4 is 10.6 Å². The number of carbonyl (C=O) groups is 2. The first kappa shape index (κ1) is 14.4. The van der Waals surface area contributed by atoms with Gasteiger partial charge in [-0.15, -0.1) is 0 Å². The number of fused-ring (bicyclic) bond motifs is 4. The first-order valence-corrected chi connectivity index (χ1v) is 8.33. The topological polar surface area (TPSA) is 78.4 Å². The summed E-state index contributed by atoms with van der Waals surface area (Å²) in [6, 6.07) is 14.3. The van der Waals surface area contributed by atoms with Crippen LogP contribution in [0.4, 0.5) is 11.4 Å². The zero-order valence-electron chi connectivity index (χ0n) is 13.4. The molecule has 1 heterocycles. The molecule has 0 bridgehead atoms. The maximum absolute atomic E-state index is 12.3. The molecule has 25 heavy (non-hydrogen) atoms. The molecule has 2 aromatic carbocycles. The number of Topliss-reactive ketones (excluding diaryl/α,β-unsaturated/α-hetero) is 1. The Hall–Kier alpha value is -2.92. The van der Waals surface area contributed by atoms with E-state index in [1.54, 1.807) is 24.3 Å². The second-order valence-electron chi connectivity index (χ2n) is 6.87. The lowest BCUT2D eigenvalue weighted by Crippen LogP contribution is -2.33. The normalized spacial score (nSPS) is 25.6. The zero-order valence-corrected chi connectivity index (χ0v) is 13.4. The van der Waals surface area contributed by atoms with E-state index in [2.05, 4.69) is 10.6 Å². The molecule has 1 aliphatic heterocycles. The van der Waals surface area contributed by atoms with Crippen LogP contribution in [0.3, 0.4) is 0 Å². The summed E-state index contributed by atoms with van der Waals surface area (Å²) >= 11 is 0. The Kier molecular flexibility index (Phi) is 2.77. The summed E-state index contributed by atoms with van der Waals surface area (Å²) in [6.45, 7) is 0. The van der Waals surface area contributed by atoms with Crippen LogP contribution in [0.15, 0.2) is 59.8 Å². The lowest BCUT2D eigenvalue weighted by molar-refractivity contribution is -0.124. The van der Waals surface area contributed by atoms with E-state index in [9.17, 15) is 14.7 Å². The van der Waals surface area contributed by atoms with E-state index in [-0.39, 0.29) is 24.0 Å². The van der Waals surface area contributed by atoms with Gasteiger partial charge in [-0.1, -0.05) is 18.2 Å². The predicted octanol–water partition coefficient (Wildman–Crippen LogP) is 2.80. The highest BCUT2D eigenvalue weighted by Crippen LogP contribution is 2.57. The number of hydrogen-bond acceptors (Lipinski definition) is 4. The quantitative estimate of drug-likeness (QED) is 0.790. The van der Waals surface area contributed by atoms with E-state index in [0.29, 0.717) is 16.8 Å². The van der Waals surface area contributed by atoms with E-state index in [1.165, 1.54) is 0 Å². The molecule has 2 aromatic rings. The first-order chi connectivity index (χ1) is 12.1. The summed E-state index contributed by atoms with van der Waals surface area (Å²) < 4.78 is 0. The van der Waals surface area contributed by atoms with Crippen molar-refractivity contribution < 1.29 is 14.7 Å². The molecule has 0 radical (unpaired) electrons. The lowest BCUT2D eigenvalue weighted by Gasteiger charge is -2.27. The molecule has 1 amide bonds. The highest BCUT2D eigenvalue weighted by atomic mass is 16.3. The summed E-state index contributed by atoms with van der Waals surface area (Å²) in [5.41, 5.74) is 3.10. The molecular weight excluding hydrogens is 316 g/mol. The van der Waals surface area contributed by atoms with Crippen molar-refractivity contribution >= 4 is 23.1 Å². The van der Waals surface area contributed by atoms with E-state index in [0.717, 1.165) is 23.4 Å². The Balaban J connectivity index is 1.50. The van der Waals surface area contributed by atoms with Gasteiger partial charge in [0.2, 0.25) is 0 Å². The monoisotopic (exact) mass is 332 g/mol. The molecule has 3 N–H and O–H groups in total. The van der Waals surface area contributed by atoms with Gasteiger partial charge in [-0.2, -0.15) is 0 Å². The number of nitrogens with one attached hydrogen (secondary N) is 2. The standard InChI is InChI=1S/C20H16N2O3/c23-17-10-20(25)15-8-12(21-19(24)11-4-2-1-3-5-11)6-7-16(15)22-18(20)14-9-13(14)17/h1-8,13,22,25H,9-10H2,(H,21,24). The van der Waals surface area contributed by atoms with Crippen LogP contribution in [0.25, 0.3) is 0 Å². The highest BCUT2D eigenvalue weighted by Gasteiger charge is 2.56. The van der Waals surface area contributed by atoms with E-state index in [1.807, 2.05) is 24.3 Å². The van der Waals surface area contributed by atoms with Crippen molar-refractivity contribution in [1.29, 1.82) is 0 Å². The average molecular weight is 332 g/mol. The maximum atomic E-state index is 12.3. The number of anilines is 2. The third kappa shape index (κ3) is 2.06. The molecule has 2 aliphatic carbocycles. The van der Waals surface area contributed by atoms with Crippen LogP contribution in [0, 0.1) is 5.92 Å². The van der Waals surface area contributed by atoms with Crippen molar-refractivity contribution in [3.63, 3.8) is 0 Å². The Labute approximate surface area is 144 Å². The van der Waals surface area contributed by atoms with Crippen LogP contribution in [0.1, 0.15) is 28.8 Å². The largest absolute Gasteiger partial charge is 0.378 e. The molecule has 5 heteroatoms. The molecule has 124 valence electrons. The second kappa shape index (κ2) is 4.80. The minimum atomic E-state index is -1.29. The van der Waals surface area contributed by atoms with Crippen LogP contribution in [-0.2, 0) is 10.4 Å². The van der Waals surface area contributed by atoms with Crippen molar-refractivity contribution in [3.05, 3.63) is 70.9 Å². The summed E-state index contributed by atoms with van der Waals surface area (Å²) in [4.78, 5) is 24.5. The fourth-order valence-corrected chi connectivity index (χ4v) is 3.89. The van der Waals surface area contributed by atoms with Gasteiger partial charge in [-0.05, 0) is 42.3 Å². The molecule has 1 fully saturated rings. The van der Waals surface area contributed by atoms with Gasteiger partial charge in [-0.3, -0.25) is 9.59 Å². The molecule has 0 spiro atoms. The number of hydrogen-bond donors (Lipinski definition) is 3. The Morgan fingerprint density at radius 2 is 2.00 bits per heavy atom. The summed E-state index contributed by atoms with van der Waals surface area (Å²) in [6.07, 6.45) is 0.835. The van der Waals surface area contributed by atoms with Crippen molar-refractivity contribution in [2.45, 2.75) is 18.4 Å². The molecule has 5 nitrogen and oxygen atoms in total. The number of benzene rings is 2. The third-order valence-electron chi connectivity index (χ3n) is 5.26. The van der Waals surface area contributed by atoms with Gasteiger partial charge in [0.05, 0.1) is 5.70 Å². The average Bonchev–Trinajstić information content (AvgIpc) is 3.36. The molecule has 2 unspecified atom stereocenters. The summed E-state index contributed by atoms with van der Waals surface area (Å²) in [5, 5.41) is 17.3. The minimum Gasteiger partial charge on any atom is -0.378 e. The van der Waals surface area contributed by atoms with Gasteiger partial charge < -0.3 is 15.7 Å². The van der Waals surface area contributed by atoms with Gasteiger partial charge in [0, 0.05) is 34.8 Å². The van der Waals surface area contributed by atoms with Gasteiger partial charge in [0.25, 0.3) is 5.91 Å². The highest BCUT2D eigenvalue weighted by molar-refractivity contribution is 6.04. The maximum Gasteiger partial charge on any atom is 0.255 e. The molecule has 1 saturated carbocycles. The van der Waals surface area contributed by atoms with Crippen molar-refractivity contribution in [1.82, 2.24) is 0 Å². The fourth-order valence-electron chi connectivity index (χ4n) is 3.89. The Bertz CT molecular complexity index is 964. The van der Waals surface area contributed by atoms with E-state index in [4.69, 9.17) is 0 Å². The number of aliphatic hydroxyl groups is 1. The first-order valence-electron chi connectivity index (χ1n) is 8.33. The zero-order chi connectivity index (χ0) is 17.2. The smallest absolute Gasteiger partial charge is 0.255 e. The molecule has 3 aliphatic rings. The molecule has 2 atom stereocenters. The minimum absolute atomic E-state index is 0.00524. The molecule has 0 saturated heterocycles. The van der Waals surface area contributed by atoms with Crippen molar-refractivity contribution in [3.8, 4) is 0 Å². The number of carbonyl (C=O) groups excluding carboxylic acids is 2. The van der Waals surface area contributed by atoms with Crippen LogP contribution in [-0.4, -0.2) is 16.8 Å². The number of amides is 1. The van der Waals surface area contributed by atoms with Crippen LogP contribution >= 0.6 is 0 Å². The molecule has 0 aromatic heterocycles. The predicted molar refractivity (Wildman–Crippen MR) is 93.1 cm³/mol. The Morgan fingerprint density at radius 1 is 1.20 bits per heavy atom. The van der Waals surface area contributed by atoms with E-state index < -0.39 is 5.60 Å². The lowest BCUT2D eigenvalue weighted by atomic mass is 9.83. The van der Waals surface area contributed by atoms with Gasteiger partial charge >= 0.3 is 0 Å². The SMILES string of the molecule is O=C(Nc1ccc2c(c1)C1(O)CC(=O)C3CC3=C1N2)c1ccccc1. The van der Waals surface area contributed by atoms with Gasteiger partial charge in [0.15, 0.2) is 0 Å². The second-order valence-corrected chi connectivity index (χ2v) is 6.87. The van der Waals surface area contributed by atoms with Crippen LogP contribution in [0.2, 0.25) is 0 Å². The van der Waals surface area contributed by atoms with E-state index >= 15 is 0 Å². The molecule has 5 rings (SSSR count). The fraction of sp³-hybridized carbons (Fsp3) is 0.200. The third-order valence-corrected chi connectivity index (χ3v) is 5.26. The Morgan fingerprint density at radius 3 is 2.80 bits per heavy atom. The van der Waals surface area contributed by atoms with Crippen molar-refractivity contribution in [2.24, 2.45) is 5.92 Å². The van der Waals surface area contributed by atoms with Crippen LogP contribution in [0.5, 0.6) is 0 Å². The summed E-state index contributed by atoms with van der Waals surface area (Å²) in [5.74, 6) is -0.122. The summed E-state index contributed by atoms with van der Waals surface area (Å²) in [7, 11) is 0. The number of ketones is 1. The molecular formula is C20H16N2O3. The number of allylic oxidation sites excluding steroid dienone is 1. The number of rotatable bonds is 2. The van der Waals surface area contributed by atoms with Gasteiger partial charge in [-0.25, -0.2) is 0 Å². The van der Waals surface area contributed by atoms with Gasteiger partial charge in [0.1, 0.15) is 11.4 Å².